The van der Waals surface area contributed by atoms with Crippen molar-refractivity contribution in [2.45, 2.75) is 45.7 Å². The fourth-order valence-electron chi connectivity index (χ4n) is 1.70. The number of nitrogens with zero attached hydrogens (tertiary/aromatic N) is 2. The zero-order valence-electron chi connectivity index (χ0n) is 11.0. The summed E-state index contributed by atoms with van der Waals surface area (Å²) in [7, 11) is 1.90. The highest BCUT2D eigenvalue weighted by atomic mass is 35.5. The number of hydrogen-bond donors (Lipinski definition) is 2. The highest BCUT2D eigenvalue weighted by molar-refractivity contribution is 6.31. The van der Waals surface area contributed by atoms with Gasteiger partial charge in [0, 0.05) is 25.7 Å². The van der Waals surface area contributed by atoms with Crippen molar-refractivity contribution >= 4 is 11.6 Å². The van der Waals surface area contributed by atoms with Gasteiger partial charge in [-0.05, 0) is 26.7 Å². The molecule has 0 amide bonds. The average Bonchev–Trinajstić information content (AvgIpc) is 2.51. The molecule has 0 unspecified atom stereocenters. The van der Waals surface area contributed by atoms with Crippen LogP contribution < -0.4 is 5.32 Å². The molecule has 0 aliphatic carbocycles. The van der Waals surface area contributed by atoms with Gasteiger partial charge in [-0.15, -0.1) is 0 Å². The Morgan fingerprint density at radius 3 is 2.59 bits per heavy atom. The molecule has 0 aromatic carbocycles. The predicted molar refractivity (Wildman–Crippen MR) is 70.2 cm³/mol. The summed E-state index contributed by atoms with van der Waals surface area (Å²) in [5, 5.41) is 17.5. The van der Waals surface area contributed by atoms with Crippen LogP contribution in [0.5, 0.6) is 0 Å². The molecule has 1 rings (SSSR count). The summed E-state index contributed by atoms with van der Waals surface area (Å²) in [5.41, 5.74) is 1.83. The molecule has 0 aliphatic rings. The molecular formula is C12H22ClN3O. The summed E-state index contributed by atoms with van der Waals surface area (Å²) < 4.78 is 1.82. The Hall–Kier alpha value is -0.580. The molecule has 0 radical (unpaired) electrons. The molecule has 0 saturated carbocycles. The molecule has 17 heavy (non-hydrogen) atoms. The van der Waals surface area contributed by atoms with Gasteiger partial charge in [0.25, 0.3) is 0 Å². The SMILES string of the molecule is CCc1nn(C)c(CNC(C)(C)CCO)c1Cl. The summed E-state index contributed by atoms with van der Waals surface area (Å²) in [5.74, 6) is 0. The molecule has 0 spiro atoms. The molecule has 0 bridgehead atoms. The molecule has 0 saturated heterocycles. The number of aliphatic hydroxyl groups is 1. The third kappa shape index (κ3) is 3.69. The van der Waals surface area contributed by atoms with Crippen LogP contribution in [-0.2, 0) is 20.0 Å². The third-order valence-electron chi connectivity index (χ3n) is 2.97. The monoisotopic (exact) mass is 259 g/mol. The van der Waals surface area contributed by atoms with Gasteiger partial charge in [0.05, 0.1) is 16.4 Å². The Bertz CT molecular complexity index is 374. The summed E-state index contributed by atoms with van der Waals surface area (Å²) in [6, 6.07) is 0. The lowest BCUT2D eigenvalue weighted by atomic mass is 10.0. The molecule has 5 heteroatoms. The Balaban J connectivity index is 2.72. The minimum atomic E-state index is -0.102. The normalized spacial score (nSPS) is 12.1. The number of hydrogen-bond acceptors (Lipinski definition) is 3. The van der Waals surface area contributed by atoms with Crippen molar-refractivity contribution in [2.24, 2.45) is 7.05 Å². The van der Waals surface area contributed by atoms with Gasteiger partial charge in [-0.1, -0.05) is 18.5 Å². The zero-order valence-corrected chi connectivity index (χ0v) is 11.8. The maximum atomic E-state index is 8.97. The molecule has 1 heterocycles. The summed E-state index contributed by atoms with van der Waals surface area (Å²) in [6.45, 7) is 7.01. The van der Waals surface area contributed by atoms with Gasteiger partial charge in [0.2, 0.25) is 0 Å². The highest BCUT2D eigenvalue weighted by Gasteiger charge is 2.19. The van der Waals surface area contributed by atoms with E-state index in [-0.39, 0.29) is 12.1 Å². The second kappa shape index (κ2) is 5.85. The number of rotatable bonds is 6. The maximum Gasteiger partial charge on any atom is 0.0863 e. The first kappa shape index (κ1) is 14.5. The van der Waals surface area contributed by atoms with Crippen LogP contribution >= 0.6 is 11.6 Å². The molecule has 98 valence electrons. The van der Waals surface area contributed by atoms with E-state index in [0.29, 0.717) is 13.0 Å². The summed E-state index contributed by atoms with van der Waals surface area (Å²) >= 11 is 6.26. The van der Waals surface area contributed by atoms with Gasteiger partial charge < -0.3 is 10.4 Å². The van der Waals surface area contributed by atoms with Gasteiger partial charge in [-0.2, -0.15) is 5.10 Å². The number of aromatic nitrogens is 2. The van der Waals surface area contributed by atoms with Crippen molar-refractivity contribution in [1.82, 2.24) is 15.1 Å². The van der Waals surface area contributed by atoms with E-state index in [9.17, 15) is 0 Å². The van der Waals surface area contributed by atoms with Crippen LogP contribution in [-0.4, -0.2) is 27.0 Å². The fraction of sp³-hybridized carbons (Fsp3) is 0.750. The second-order valence-corrected chi connectivity index (χ2v) is 5.27. The minimum Gasteiger partial charge on any atom is -0.396 e. The molecule has 1 aromatic rings. The molecule has 0 atom stereocenters. The molecule has 2 N–H and O–H groups in total. The Labute approximate surface area is 108 Å². The number of aryl methyl sites for hydroxylation is 2. The van der Waals surface area contributed by atoms with Gasteiger partial charge in [0.1, 0.15) is 0 Å². The van der Waals surface area contributed by atoms with E-state index >= 15 is 0 Å². The van der Waals surface area contributed by atoms with Crippen LogP contribution in [0.15, 0.2) is 0 Å². The highest BCUT2D eigenvalue weighted by Crippen LogP contribution is 2.21. The smallest absolute Gasteiger partial charge is 0.0863 e. The van der Waals surface area contributed by atoms with Crippen LogP contribution in [0.3, 0.4) is 0 Å². The van der Waals surface area contributed by atoms with E-state index in [2.05, 4.69) is 24.3 Å². The first-order chi connectivity index (χ1) is 7.91. The van der Waals surface area contributed by atoms with Crippen molar-refractivity contribution < 1.29 is 5.11 Å². The van der Waals surface area contributed by atoms with Crippen molar-refractivity contribution in [3.8, 4) is 0 Å². The van der Waals surface area contributed by atoms with Crippen molar-refractivity contribution in [3.63, 3.8) is 0 Å². The first-order valence-electron chi connectivity index (χ1n) is 5.97. The molecule has 4 nitrogen and oxygen atoms in total. The van der Waals surface area contributed by atoms with Crippen LogP contribution in [0.2, 0.25) is 5.02 Å². The fourth-order valence-corrected chi connectivity index (χ4v) is 2.06. The van der Waals surface area contributed by atoms with E-state index in [1.807, 2.05) is 18.7 Å². The Kier molecular flexibility index (Phi) is 4.98. The molecule has 0 aliphatic heterocycles. The van der Waals surface area contributed by atoms with Crippen LogP contribution in [0.1, 0.15) is 38.6 Å². The lowest BCUT2D eigenvalue weighted by Gasteiger charge is -2.25. The number of aliphatic hydroxyl groups excluding tert-OH is 1. The predicted octanol–water partition coefficient (Wildman–Crippen LogP) is 1.89. The van der Waals surface area contributed by atoms with Crippen molar-refractivity contribution in [2.75, 3.05) is 6.61 Å². The van der Waals surface area contributed by atoms with Crippen molar-refractivity contribution in [1.29, 1.82) is 0 Å². The zero-order chi connectivity index (χ0) is 13.1. The van der Waals surface area contributed by atoms with Gasteiger partial charge >= 0.3 is 0 Å². The van der Waals surface area contributed by atoms with Gasteiger partial charge in [0.15, 0.2) is 0 Å². The summed E-state index contributed by atoms with van der Waals surface area (Å²) in [4.78, 5) is 0. The maximum absolute atomic E-state index is 8.97. The third-order valence-corrected chi connectivity index (χ3v) is 3.41. The minimum absolute atomic E-state index is 0.102. The van der Waals surface area contributed by atoms with E-state index < -0.39 is 0 Å². The van der Waals surface area contributed by atoms with Gasteiger partial charge in [-0.3, -0.25) is 4.68 Å². The quantitative estimate of drug-likeness (QED) is 0.820. The van der Waals surface area contributed by atoms with Crippen molar-refractivity contribution in [3.05, 3.63) is 16.4 Å². The van der Waals surface area contributed by atoms with Crippen LogP contribution in [0.4, 0.5) is 0 Å². The average molecular weight is 260 g/mol. The molecule has 0 fully saturated rings. The lowest BCUT2D eigenvalue weighted by Crippen LogP contribution is -2.39. The first-order valence-corrected chi connectivity index (χ1v) is 6.35. The topological polar surface area (TPSA) is 50.1 Å². The molecule has 1 aromatic heterocycles. The number of halogens is 1. The van der Waals surface area contributed by atoms with E-state index in [4.69, 9.17) is 16.7 Å². The molecular weight excluding hydrogens is 238 g/mol. The van der Waals surface area contributed by atoms with E-state index in [1.54, 1.807) is 0 Å². The van der Waals surface area contributed by atoms with Crippen LogP contribution in [0.25, 0.3) is 0 Å². The number of nitrogens with one attached hydrogen (secondary N) is 1. The largest absolute Gasteiger partial charge is 0.396 e. The Morgan fingerprint density at radius 2 is 2.12 bits per heavy atom. The van der Waals surface area contributed by atoms with E-state index in [0.717, 1.165) is 22.8 Å². The summed E-state index contributed by atoms with van der Waals surface area (Å²) in [6.07, 6.45) is 1.55. The van der Waals surface area contributed by atoms with Crippen LogP contribution in [0, 0.1) is 0 Å². The second-order valence-electron chi connectivity index (χ2n) is 4.90. The Morgan fingerprint density at radius 1 is 1.47 bits per heavy atom. The standard InChI is InChI=1S/C12H22ClN3O/c1-5-9-11(13)10(16(4)15-9)8-14-12(2,3)6-7-17/h14,17H,5-8H2,1-4H3. The van der Waals surface area contributed by atoms with Gasteiger partial charge in [-0.25, -0.2) is 0 Å². The lowest BCUT2D eigenvalue weighted by molar-refractivity contribution is 0.229. The van der Waals surface area contributed by atoms with E-state index in [1.165, 1.54) is 0 Å².